The summed E-state index contributed by atoms with van der Waals surface area (Å²) in [5, 5.41) is 3.26. The minimum absolute atomic E-state index is 0.696. The van der Waals surface area contributed by atoms with Crippen molar-refractivity contribution in [3.05, 3.63) is 24.3 Å². The molecule has 1 aliphatic heterocycles. The molecule has 0 amide bonds. The molecule has 0 bridgehead atoms. The third kappa shape index (κ3) is 2.23. The van der Waals surface area contributed by atoms with E-state index in [-0.39, 0.29) is 0 Å². The van der Waals surface area contributed by atoms with Gasteiger partial charge in [-0.2, -0.15) is 0 Å². The van der Waals surface area contributed by atoms with Crippen molar-refractivity contribution in [2.75, 3.05) is 6.54 Å². The summed E-state index contributed by atoms with van der Waals surface area (Å²) < 4.78 is 11.4. The van der Waals surface area contributed by atoms with Gasteiger partial charge in [0.05, 0.1) is 0 Å². The van der Waals surface area contributed by atoms with Crippen LogP contribution in [0.4, 0.5) is 0 Å². The quantitative estimate of drug-likeness (QED) is 0.769. The first-order valence-corrected chi connectivity index (χ1v) is 5.45. The zero-order valence-corrected chi connectivity index (χ0v) is 9.25. The predicted octanol–water partition coefficient (Wildman–Crippen LogP) is 2.52. The summed E-state index contributed by atoms with van der Waals surface area (Å²) in [6.07, 6.45) is 2.29. The predicted molar refractivity (Wildman–Crippen MR) is 59.0 cm³/mol. The number of rotatable bonds is 4. The van der Waals surface area contributed by atoms with Crippen molar-refractivity contribution < 1.29 is 9.47 Å². The third-order valence-electron chi connectivity index (χ3n) is 2.44. The molecule has 0 saturated heterocycles. The van der Waals surface area contributed by atoms with Gasteiger partial charge >= 0.3 is 5.91 Å². The van der Waals surface area contributed by atoms with Gasteiger partial charge < -0.3 is 9.47 Å². The maximum absolute atomic E-state index is 5.71. The maximum Gasteiger partial charge on any atom is 0.310 e. The molecule has 2 rings (SSSR count). The Balaban J connectivity index is 1.98. The normalized spacial score (nSPS) is 16.7. The number of ether oxygens (including phenoxy) is 2. The van der Waals surface area contributed by atoms with Gasteiger partial charge in [0.15, 0.2) is 11.5 Å². The zero-order chi connectivity index (χ0) is 10.7. The van der Waals surface area contributed by atoms with Crippen molar-refractivity contribution in [1.82, 2.24) is 5.32 Å². The number of unbranched alkanes of at least 4 members (excludes halogenated alkanes) is 1. The van der Waals surface area contributed by atoms with E-state index in [0.29, 0.717) is 0 Å². The highest BCUT2D eigenvalue weighted by atomic mass is 16.8. The van der Waals surface area contributed by atoms with Crippen LogP contribution in [-0.2, 0) is 0 Å². The summed E-state index contributed by atoms with van der Waals surface area (Å²) in [5.41, 5.74) is 0. The Bertz CT molecular complexity index is 313. The molecule has 0 fully saturated rings. The van der Waals surface area contributed by atoms with E-state index in [2.05, 4.69) is 12.2 Å². The number of benzene rings is 1. The summed E-state index contributed by atoms with van der Waals surface area (Å²) >= 11 is 0. The summed E-state index contributed by atoms with van der Waals surface area (Å²) in [6.45, 7) is 4.97. The summed E-state index contributed by atoms with van der Waals surface area (Å²) in [6, 6.07) is 7.73. The number of hydrogen-bond donors (Lipinski definition) is 1. The molecule has 15 heavy (non-hydrogen) atoms. The van der Waals surface area contributed by atoms with Crippen LogP contribution in [-0.4, -0.2) is 12.5 Å². The van der Waals surface area contributed by atoms with Crippen LogP contribution in [0.1, 0.15) is 26.7 Å². The van der Waals surface area contributed by atoms with E-state index in [1.165, 1.54) is 0 Å². The van der Waals surface area contributed by atoms with Crippen LogP contribution >= 0.6 is 0 Å². The molecule has 0 radical (unpaired) electrons. The third-order valence-corrected chi connectivity index (χ3v) is 2.44. The molecule has 0 aromatic heterocycles. The van der Waals surface area contributed by atoms with Crippen LogP contribution in [0.3, 0.4) is 0 Å². The van der Waals surface area contributed by atoms with Gasteiger partial charge in [-0.05, 0) is 18.6 Å². The molecule has 0 spiro atoms. The molecule has 3 heteroatoms. The van der Waals surface area contributed by atoms with E-state index in [4.69, 9.17) is 9.47 Å². The first kappa shape index (κ1) is 10.3. The zero-order valence-electron chi connectivity index (χ0n) is 9.25. The van der Waals surface area contributed by atoms with E-state index in [9.17, 15) is 0 Å². The Morgan fingerprint density at radius 3 is 2.33 bits per heavy atom. The van der Waals surface area contributed by atoms with Crippen LogP contribution < -0.4 is 14.8 Å². The molecule has 0 unspecified atom stereocenters. The molecular weight excluding hydrogens is 190 g/mol. The fraction of sp³-hybridized carbons (Fsp3) is 0.500. The Hall–Kier alpha value is -1.22. The first-order chi connectivity index (χ1) is 7.23. The van der Waals surface area contributed by atoms with Crippen molar-refractivity contribution in [2.45, 2.75) is 32.6 Å². The fourth-order valence-electron chi connectivity index (χ4n) is 1.62. The van der Waals surface area contributed by atoms with E-state index in [1.54, 1.807) is 0 Å². The Kier molecular flexibility index (Phi) is 2.82. The Morgan fingerprint density at radius 1 is 1.20 bits per heavy atom. The average Bonchev–Trinajstić information content (AvgIpc) is 2.54. The summed E-state index contributed by atoms with van der Waals surface area (Å²) in [5.74, 6) is 0.923. The van der Waals surface area contributed by atoms with E-state index >= 15 is 0 Å². The highest BCUT2D eigenvalue weighted by Crippen LogP contribution is 2.37. The fourth-order valence-corrected chi connectivity index (χ4v) is 1.62. The number of para-hydroxylation sites is 2. The van der Waals surface area contributed by atoms with Crippen molar-refractivity contribution in [3.63, 3.8) is 0 Å². The molecule has 1 aromatic rings. The van der Waals surface area contributed by atoms with Crippen molar-refractivity contribution >= 4 is 0 Å². The topological polar surface area (TPSA) is 30.5 Å². The number of fused-ring (bicyclic) bond motifs is 1. The molecular formula is C12H17NO2. The summed E-state index contributed by atoms with van der Waals surface area (Å²) in [4.78, 5) is 0. The number of nitrogens with one attached hydrogen (secondary N) is 1. The molecule has 1 aliphatic rings. The highest BCUT2D eigenvalue weighted by Gasteiger charge is 2.35. The second kappa shape index (κ2) is 4.11. The Morgan fingerprint density at radius 2 is 1.80 bits per heavy atom. The molecule has 3 nitrogen and oxygen atoms in total. The lowest BCUT2D eigenvalue weighted by Gasteiger charge is -2.23. The number of hydrogen-bond acceptors (Lipinski definition) is 3. The molecule has 0 saturated carbocycles. The molecule has 1 N–H and O–H groups in total. The minimum atomic E-state index is -0.696. The van der Waals surface area contributed by atoms with Gasteiger partial charge in [-0.1, -0.05) is 25.5 Å². The molecule has 1 heterocycles. The largest absolute Gasteiger partial charge is 0.436 e. The van der Waals surface area contributed by atoms with Gasteiger partial charge in [0.1, 0.15) is 0 Å². The summed E-state index contributed by atoms with van der Waals surface area (Å²) in [7, 11) is 0. The molecule has 82 valence electrons. The van der Waals surface area contributed by atoms with E-state index in [0.717, 1.165) is 30.9 Å². The van der Waals surface area contributed by atoms with Gasteiger partial charge in [-0.3, -0.25) is 0 Å². The monoisotopic (exact) mass is 207 g/mol. The lowest BCUT2D eigenvalue weighted by atomic mass is 10.3. The first-order valence-electron chi connectivity index (χ1n) is 5.45. The van der Waals surface area contributed by atoms with E-state index < -0.39 is 5.91 Å². The van der Waals surface area contributed by atoms with Gasteiger partial charge in [-0.15, -0.1) is 0 Å². The average molecular weight is 207 g/mol. The van der Waals surface area contributed by atoms with Crippen molar-refractivity contribution in [3.8, 4) is 11.5 Å². The Labute approximate surface area is 90.4 Å². The molecule has 0 atom stereocenters. The van der Waals surface area contributed by atoms with Crippen molar-refractivity contribution in [1.29, 1.82) is 0 Å². The smallest absolute Gasteiger partial charge is 0.310 e. The van der Waals surface area contributed by atoms with Crippen molar-refractivity contribution in [2.24, 2.45) is 0 Å². The van der Waals surface area contributed by atoms with Gasteiger partial charge in [-0.25, -0.2) is 5.32 Å². The van der Waals surface area contributed by atoms with Gasteiger partial charge in [0, 0.05) is 13.5 Å². The van der Waals surface area contributed by atoms with Crippen LogP contribution in [0, 0.1) is 0 Å². The van der Waals surface area contributed by atoms with Crippen LogP contribution in [0.15, 0.2) is 24.3 Å². The van der Waals surface area contributed by atoms with Crippen LogP contribution in [0.25, 0.3) is 0 Å². The second-order valence-corrected chi connectivity index (χ2v) is 3.88. The van der Waals surface area contributed by atoms with E-state index in [1.807, 2.05) is 31.2 Å². The standard InChI is InChI=1S/C12H17NO2/c1-3-4-9-13-12(2)14-10-7-5-6-8-11(10)15-12/h5-8,13H,3-4,9H2,1-2H3. The maximum atomic E-state index is 5.71. The molecule has 0 aliphatic carbocycles. The highest BCUT2D eigenvalue weighted by molar-refractivity contribution is 5.42. The second-order valence-electron chi connectivity index (χ2n) is 3.88. The lowest BCUT2D eigenvalue weighted by Crippen LogP contribution is -2.50. The minimum Gasteiger partial charge on any atom is -0.436 e. The van der Waals surface area contributed by atoms with Gasteiger partial charge in [0.2, 0.25) is 0 Å². The molecule has 1 aromatic carbocycles. The van der Waals surface area contributed by atoms with Crippen LogP contribution in [0.5, 0.6) is 11.5 Å². The lowest BCUT2D eigenvalue weighted by molar-refractivity contribution is -0.0908. The van der Waals surface area contributed by atoms with Crippen LogP contribution in [0.2, 0.25) is 0 Å². The SMILES string of the molecule is CCCCNC1(C)Oc2ccccc2O1. The van der Waals surface area contributed by atoms with Gasteiger partial charge in [0.25, 0.3) is 0 Å².